The number of methoxy groups -OCH3 is 1. The first kappa shape index (κ1) is 18.8. The van der Waals surface area contributed by atoms with E-state index in [1.54, 1.807) is 31.4 Å². The van der Waals surface area contributed by atoms with E-state index in [1.807, 2.05) is 10.7 Å². The number of carbonyl (C=O) groups excluding carboxylic acids is 1. The topological polar surface area (TPSA) is 68.2 Å². The molecule has 0 aliphatic carbocycles. The number of benzene rings is 1. The number of urea groups is 1. The van der Waals surface area contributed by atoms with Gasteiger partial charge in [-0.3, -0.25) is 5.32 Å². The van der Waals surface area contributed by atoms with Gasteiger partial charge in [-0.2, -0.15) is 5.10 Å². The molecule has 1 aromatic heterocycles. The Morgan fingerprint density at radius 1 is 1.04 bits per heavy atom. The molecule has 25 heavy (non-hydrogen) atoms. The predicted molar refractivity (Wildman–Crippen MR) is 102 cm³/mol. The van der Waals surface area contributed by atoms with Gasteiger partial charge in [0.15, 0.2) is 0 Å². The summed E-state index contributed by atoms with van der Waals surface area (Å²) in [5.74, 6) is 1.41. The van der Waals surface area contributed by atoms with E-state index in [0.29, 0.717) is 11.5 Å². The lowest BCUT2D eigenvalue weighted by Crippen LogP contribution is -2.28. The molecule has 1 heterocycles. The predicted octanol–water partition coefficient (Wildman–Crippen LogP) is 4.59. The minimum absolute atomic E-state index is 0.0978. The van der Waals surface area contributed by atoms with Crippen molar-refractivity contribution in [3.8, 4) is 5.75 Å². The van der Waals surface area contributed by atoms with E-state index < -0.39 is 0 Å². The van der Waals surface area contributed by atoms with Crippen LogP contribution in [0.3, 0.4) is 0 Å². The van der Waals surface area contributed by atoms with Crippen LogP contribution < -0.4 is 15.4 Å². The maximum atomic E-state index is 12.4. The van der Waals surface area contributed by atoms with Gasteiger partial charge < -0.3 is 10.1 Å². The molecule has 2 aromatic rings. The summed E-state index contributed by atoms with van der Waals surface area (Å²) in [5, 5.41) is 10.4. The third kappa shape index (κ3) is 4.75. The molecule has 0 unspecified atom stereocenters. The van der Waals surface area contributed by atoms with E-state index in [2.05, 4.69) is 52.2 Å². The molecule has 0 aliphatic rings. The van der Waals surface area contributed by atoms with Gasteiger partial charge >= 0.3 is 6.03 Å². The van der Waals surface area contributed by atoms with Crippen molar-refractivity contribution >= 4 is 17.5 Å². The molecule has 6 nitrogen and oxygen atoms in total. The van der Waals surface area contributed by atoms with Crippen LogP contribution in [-0.2, 0) is 11.0 Å². The molecule has 2 N–H and O–H groups in total. The fraction of sp³-hybridized carbons (Fsp3) is 0.474. The lowest BCUT2D eigenvalue weighted by atomic mass is 9.92. The Kier molecular flexibility index (Phi) is 5.11. The second kappa shape index (κ2) is 6.78. The van der Waals surface area contributed by atoms with Gasteiger partial charge in [0.25, 0.3) is 0 Å². The highest BCUT2D eigenvalue weighted by molar-refractivity contribution is 5.99. The zero-order valence-corrected chi connectivity index (χ0v) is 16.1. The number of amides is 2. The minimum Gasteiger partial charge on any atom is -0.497 e. The molecule has 2 rings (SSSR count). The molecule has 0 saturated heterocycles. The van der Waals surface area contributed by atoms with Gasteiger partial charge in [-0.15, -0.1) is 0 Å². The second-order valence-corrected chi connectivity index (χ2v) is 8.06. The maximum absolute atomic E-state index is 12.4. The number of nitrogens with one attached hydrogen (secondary N) is 2. The van der Waals surface area contributed by atoms with Gasteiger partial charge in [0.1, 0.15) is 11.6 Å². The van der Waals surface area contributed by atoms with Gasteiger partial charge in [-0.25, -0.2) is 9.48 Å². The highest BCUT2D eigenvalue weighted by Crippen LogP contribution is 2.28. The van der Waals surface area contributed by atoms with Gasteiger partial charge in [0.2, 0.25) is 0 Å². The van der Waals surface area contributed by atoms with Gasteiger partial charge in [0.05, 0.1) is 18.3 Å². The first-order chi connectivity index (χ1) is 11.5. The average Bonchev–Trinajstić information content (AvgIpc) is 2.92. The third-order valence-electron chi connectivity index (χ3n) is 3.70. The molecule has 0 saturated carbocycles. The van der Waals surface area contributed by atoms with E-state index >= 15 is 0 Å². The van der Waals surface area contributed by atoms with Crippen LogP contribution in [0.5, 0.6) is 5.75 Å². The summed E-state index contributed by atoms with van der Waals surface area (Å²) in [4.78, 5) is 12.4. The Balaban J connectivity index is 2.20. The lowest BCUT2D eigenvalue weighted by Gasteiger charge is -2.23. The standard InChI is InChI=1S/C19H28N4O2/c1-18(2,3)15-12-16(23(22-15)19(4,5)6)21-17(24)20-13-8-10-14(25-7)11-9-13/h8-12H,1-7H3,(H2,20,21,24). The maximum Gasteiger partial charge on any atom is 0.324 e. The molecule has 0 atom stereocenters. The summed E-state index contributed by atoms with van der Waals surface area (Å²) < 4.78 is 6.97. The zero-order valence-electron chi connectivity index (χ0n) is 16.1. The van der Waals surface area contributed by atoms with Crippen LogP contribution in [0.1, 0.15) is 47.2 Å². The summed E-state index contributed by atoms with van der Waals surface area (Å²) in [7, 11) is 1.61. The van der Waals surface area contributed by atoms with Crippen molar-refractivity contribution in [1.29, 1.82) is 0 Å². The smallest absolute Gasteiger partial charge is 0.324 e. The van der Waals surface area contributed by atoms with Crippen LogP contribution in [0, 0.1) is 0 Å². The number of hydrogen-bond acceptors (Lipinski definition) is 3. The molecule has 0 bridgehead atoms. The van der Waals surface area contributed by atoms with Gasteiger partial charge in [-0.1, -0.05) is 20.8 Å². The summed E-state index contributed by atoms with van der Waals surface area (Å²) in [5.41, 5.74) is 1.28. The first-order valence-corrected chi connectivity index (χ1v) is 8.34. The van der Waals surface area contributed by atoms with Gasteiger partial charge in [0, 0.05) is 17.2 Å². The Hall–Kier alpha value is -2.50. The zero-order chi connectivity index (χ0) is 18.8. The highest BCUT2D eigenvalue weighted by atomic mass is 16.5. The SMILES string of the molecule is COc1ccc(NC(=O)Nc2cc(C(C)(C)C)nn2C(C)(C)C)cc1. The molecule has 0 spiro atoms. The van der Waals surface area contributed by atoms with E-state index in [0.717, 1.165) is 11.4 Å². The number of anilines is 2. The van der Waals surface area contributed by atoms with Crippen LogP contribution in [0.4, 0.5) is 16.3 Å². The van der Waals surface area contributed by atoms with E-state index in [-0.39, 0.29) is 17.0 Å². The number of aromatic nitrogens is 2. The molecule has 136 valence electrons. The number of ether oxygens (including phenoxy) is 1. The molecule has 0 radical (unpaired) electrons. The van der Waals surface area contributed by atoms with E-state index in [9.17, 15) is 4.79 Å². The van der Waals surface area contributed by atoms with Crippen molar-refractivity contribution in [1.82, 2.24) is 9.78 Å². The molecule has 6 heteroatoms. The summed E-state index contributed by atoms with van der Waals surface area (Å²) in [6, 6.07) is 8.80. The van der Waals surface area contributed by atoms with Crippen molar-refractivity contribution in [2.75, 3.05) is 17.7 Å². The quantitative estimate of drug-likeness (QED) is 0.856. The third-order valence-corrected chi connectivity index (χ3v) is 3.70. The van der Waals surface area contributed by atoms with Gasteiger partial charge in [-0.05, 0) is 45.0 Å². The lowest BCUT2D eigenvalue weighted by molar-refractivity contribution is 0.261. The molecule has 0 fully saturated rings. The van der Waals surface area contributed by atoms with Crippen molar-refractivity contribution < 1.29 is 9.53 Å². The molecule has 2 amide bonds. The molecular weight excluding hydrogens is 316 g/mol. The Labute approximate surface area is 149 Å². The van der Waals surface area contributed by atoms with Crippen molar-refractivity contribution in [2.45, 2.75) is 52.5 Å². The van der Waals surface area contributed by atoms with Crippen molar-refractivity contribution in [3.63, 3.8) is 0 Å². The highest BCUT2D eigenvalue weighted by Gasteiger charge is 2.25. The Bertz CT molecular complexity index is 734. The largest absolute Gasteiger partial charge is 0.497 e. The van der Waals surface area contributed by atoms with E-state index in [1.165, 1.54) is 0 Å². The number of carbonyl (C=O) groups is 1. The van der Waals surface area contributed by atoms with Crippen molar-refractivity contribution in [2.24, 2.45) is 0 Å². The fourth-order valence-corrected chi connectivity index (χ4v) is 2.30. The molecule has 0 aliphatic heterocycles. The molecule has 1 aromatic carbocycles. The monoisotopic (exact) mass is 344 g/mol. The Morgan fingerprint density at radius 3 is 2.12 bits per heavy atom. The summed E-state index contributed by atoms with van der Waals surface area (Å²) in [6.45, 7) is 12.5. The average molecular weight is 344 g/mol. The number of hydrogen-bond donors (Lipinski definition) is 2. The fourth-order valence-electron chi connectivity index (χ4n) is 2.30. The van der Waals surface area contributed by atoms with Crippen LogP contribution in [0.25, 0.3) is 0 Å². The minimum atomic E-state index is -0.309. The summed E-state index contributed by atoms with van der Waals surface area (Å²) >= 11 is 0. The van der Waals surface area contributed by atoms with Crippen LogP contribution in [0.15, 0.2) is 30.3 Å². The number of rotatable bonds is 3. The van der Waals surface area contributed by atoms with Crippen molar-refractivity contribution in [3.05, 3.63) is 36.0 Å². The Morgan fingerprint density at radius 2 is 1.64 bits per heavy atom. The summed E-state index contributed by atoms with van der Waals surface area (Å²) in [6.07, 6.45) is 0. The molecular formula is C19H28N4O2. The van der Waals surface area contributed by atoms with Crippen LogP contribution in [-0.4, -0.2) is 22.9 Å². The van der Waals surface area contributed by atoms with E-state index in [4.69, 9.17) is 9.84 Å². The first-order valence-electron chi connectivity index (χ1n) is 8.34. The normalized spacial score (nSPS) is 12.0. The van der Waals surface area contributed by atoms with Crippen LogP contribution in [0.2, 0.25) is 0 Å². The van der Waals surface area contributed by atoms with Crippen LogP contribution >= 0.6 is 0 Å². The number of nitrogens with zero attached hydrogens (tertiary/aromatic N) is 2. The second-order valence-electron chi connectivity index (χ2n) is 8.06.